The third-order valence-corrected chi connectivity index (χ3v) is 12.2. The summed E-state index contributed by atoms with van der Waals surface area (Å²) in [5.74, 6) is -0.678. The number of aromatic nitrogens is 1. The molecular formula is C56H44N2O2. The van der Waals surface area contributed by atoms with Gasteiger partial charge in [0.15, 0.2) is 0 Å². The number of anilines is 1. The fourth-order valence-corrected chi connectivity index (χ4v) is 9.99. The third-order valence-electron chi connectivity index (χ3n) is 12.2. The predicted molar refractivity (Wildman–Crippen MR) is 249 cm³/mol. The van der Waals surface area contributed by atoms with Crippen LogP contribution in [-0.4, -0.2) is 16.4 Å². The fourth-order valence-electron chi connectivity index (χ4n) is 9.99. The van der Waals surface area contributed by atoms with Crippen LogP contribution in [0.2, 0.25) is 0 Å². The van der Waals surface area contributed by atoms with E-state index in [2.05, 4.69) is 137 Å². The molecule has 1 aliphatic heterocycles. The minimum atomic E-state index is -0.342. The number of hydrogen-bond acceptors (Lipinski definition) is 2. The summed E-state index contributed by atoms with van der Waals surface area (Å²) in [5, 5.41) is 2.17. The maximum absolute atomic E-state index is 15.4. The van der Waals surface area contributed by atoms with Crippen LogP contribution in [0, 0.1) is 41.5 Å². The molecule has 0 saturated heterocycles. The molecule has 1 aromatic heterocycles. The lowest BCUT2D eigenvalue weighted by atomic mass is 9.91. The zero-order chi connectivity index (χ0) is 41.4. The van der Waals surface area contributed by atoms with Crippen LogP contribution in [0.5, 0.6) is 0 Å². The molecule has 9 aromatic rings. The topological polar surface area (TPSA) is 42.3 Å². The summed E-state index contributed by atoms with van der Waals surface area (Å²) < 4.78 is 2.29. The third kappa shape index (κ3) is 5.82. The van der Waals surface area contributed by atoms with Crippen molar-refractivity contribution in [1.82, 2.24) is 4.57 Å². The van der Waals surface area contributed by atoms with Gasteiger partial charge in [-0.2, -0.15) is 0 Å². The van der Waals surface area contributed by atoms with Crippen molar-refractivity contribution < 1.29 is 9.59 Å². The lowest BCUT2D eigenvalue weighted by Crippen LogP contribution is -2.29. The number of carbonyl (C=O) groups excluding carboxylic acids is 2. The lowest BCUT2D eigenvalue weighted by Gasteiger charge is -2.20. The Kier molecular flexibility index (Phi) is 8.76. The Morgan fingerprint density at radius 2 is 0.800 bits per heavy atom. The average molecular weight is 777 g/mol. The van der Waals surface area contributed by atoms with E-state index in [4.69, 9.17) is 0 Å². The molecule has 0 saturated carbocycles. The maximum Gasteiger partial charge on any atom is 0.268 e. The van der Waals surface area contributed by atoms with Gasteiger partial charge in [-0.3, -0.25) is 9.59 Å². The number of carbonyl (C=O) groups is 2. The molecule has 0 radical (unpaired) electrons. The van der Waals surface area contributed by atoms with Crippen molar-refractivity contribution in [3.8, 4) is 50.2 Å². The highest BCUT2D eigenvalue weighted by Crippen LogP contribution is 2.46. The van der Waals surface area contributed by atoms with E-state index < -0.39 is 0 Å². The van der Waals surface area contributed by atoms with Crippen LogP contribution >= 0.6 is 0 Å². The largest absolute Gasteiger partial charge is 0.307 e. The quantitative estimate of drug-likeness (QED) is 0.158. The van der Waals surface area contributed by atoms with Crippen molar-refractivity contribution in [3.63, 3.8) is 0 Å². The second-order valence-corrected chi connectivity index (χ2v) is 16.4. The van der Waals surface area contributed by atoms with Crippen LogP contribution in [0.3, 0.4) is 0 Å². The number of amides is 2. The van der Waals surface area contributed by atoms with Gasteiger partial charge >= 0.3 is 0 Å². The molecule has 2 heterocycles. The molecule has 8 aromatic carbocycles. The fraction of sp³-hybridized carbons (Fsp3) is 0.107. The Bertz CT molecular complexity index is 3030. The second kappa shape index (κ2) is 14.2. The first kappa shape index (κ1) is 37.0. The Balaban J connectivity index is 1.27. The van der Waals surface area contributed by atoms with Crippen LogP contribution in [0.15, 0.2) is 158 Å². The van der Waals surface area contributed by atoms with Crippen molar-refractivity contribution in [2.24, 2.45) is 0 Å². The van der Waals surface area contributed by atoms with Crippen LogP contribution in [0.1, 0.15) is 54.1 Å². The number of hydrogen-bond donors (Lipinski definition) is 0. The molecule has 0 atom stereocenters. The van der Waals surface area contributed by atoms with Gasteiger partial charge in [-0.15, -0.1) is 0 Å². The highest BCUT2D eigenvalue weighted by Gasteiger charge is 2.40. The number of fused-ring (bicyclic) bond motifs is 4. The molecule has 290 valence electrons. The van der Waals surface area contributed by atoms with Crippen molar-refractivity contribution in [2.75, 3.05) is 4.90 Å². The van der Waals surface area contributed by atoms with E-state index in [0.29, 0.717) is 22.5 Å². The van der Waals surface area contributed by atoms with E-state index in [1.54, 1.807) is 6.07 Å². The zero-order valence-corrected chi connectivity index (χ0v) is 34.7. The van der Waals surface area contributed by atoms with Gasteiger partial charge < -0.3 is 4.57 Å². The highest BCUT2D eigenvalue weighted by atomic mass is 16.2. The van der Waals surface area contributed by atoms with E-state index in [-0.39, 0.29) is 11.8 Å². The first-order valence-electron chi connectivity index (χ1n) is 20.6. The first-order valence-corrected chi connectivity index (χ1v) is 20.6. The van der Waals surface area contributed by atoms with Gasteiger partial charge in [-0.05, 0) is 128 Å². The van der Waals surface area contributed by atoms with Crippen LogP contribution in [0.25, 0.3) is 72.0 Å². The van der Waals surface area contributed by atoms with Crippen molar-refractivity contribution >= 4 is 39.3 Å². The molecule has 0 aliphatic carbocycles. The number of aryl methyl sites for hydroxylation is 6. The number of nitrogens with zero attached hydrogens (tertiary/aromatic N) is 2. The summed E-state index contributed by atoms with van der Waals surface area (Å²) in [6.07, 6.45) is 0. The number of para-hydroxylation sites is 2. The normalized spacial score (nSPS) is 12.5. The van der Waals surface area contributed by atoms with Gasteiger partial charge in [0.1, 0.15) is 0 Å². The SMILES string of the molecule is Cc1cc(C)c(-c2cccc3c4cccc(-c5c(C)cc(C)cc5C)c4n(-c4cccc5c4C(=O)N(c4cc(-c6ccccc6)cc(-c6ccccc6)c4)C5=O)c23)c(C)c1. The standard InChI is InChI=1S/C56H44N2O2/c1-33-26-35(3)50(36(4)27-33)46-22-13-20-44-45-21-14-23-47(51-37(5)28-34(2)29-38(51)6)54(45)58(53(44)46)49-25-15-24-48-52(49)56(60)57(55(48)59)43-31-41(39-16-9-7-10-17-39)30-42(32-43)40-18-11-8-12-19-40/h7-32H,1-6H3. The summed E-state index contributed by atoms with van der Waals surface area (Å²) in [7, 11) is 0. The van der Waals surface area contributed by atoms with Crippen molar-refractivity contribution in [2.45, 2.75) is 41.5 Å². The number of rotatable bonds is 6. The summed E-state index contributed by atoms with van der Waals surface area (Å²) in [6, 6.07) is 54.1. The van der Waals surface area contributed by atoms with Crippen LogP contribution in [-0.2, 0) is 0 Å². The lowest BCUT2D eigenvalue weighted by molar-refractivity contribution is 0.0926. The van der Waals surface area contributed by atoms with Gasteiger partial charge in [-0.1, -0.05) is 139 Å². The Labute approximate surface area is 351 Å². The smallest absolute Gasteiger partial charge is 0.268 e. The van der Waals surface area contributed by atoms with E-state index >= 15 is 4.79 Å². The summed E-state index contributed by atoms with van der Waals surface area (Å²) >= 11 is 0. The van der Waals surface area contributed by atoms with Gasteiger partial charge in [0.05, 0.1) is 33.5 Å². The predicted octanol–water partition coefficient (Wildman–Crippen LogP) is 14.1. The Hall–Kier alpha value is -7.30. The van der Waals surface area contributed by atoms with E-state index in [9.17, 15) is 4.79 Å². The average Bonchev–Trinajstić information content (AvgIpc) is 3.72. The Morgan fingerprint density at radius 1 is 0.367 bits per heavy atom. The summed E-state index contributed by atoms with van der Waals surface area (Å²) in [4.78, 5) is 31.6. The molecule has 0 spiro atoms. The zero-order valence-electron chi connectivity index (χ0n) is 34.7. The van der Waals surface area contributed by atoms with Crippen LogP contribution in [0.4, 0.5) is 5.69 Å². The molecule has 0 fully saturated rings. The Morgan fingerprint density at radius 3 is 1.27 bits per heavy atom. The molecule has 4 nitrogen and oxygen atoms in total. The van der Waals surface area contributed by atoms with Gasteiger partial charge in [-0.25, -0.2) is 4.90 Å². The minimum Gasteiger partial charge on any atom is -0.307 e. The maximum atomic E-state index is 15.4. The number of benzene rings is 8. The van der Waals surface area contributed by atoms with Crippen molar-refractivity contribution in [1.29, 1.82) is 0 Å². The summed E-state index contributed by atoms with van der Waals surface area (Å²) in [6.45, 7) is 13.0. The molecule has 2 amide bonds. The molecule has 0 N–H and O–H groups in total. The molecule has 0 unspecified atom stereocenters. The molecular weight excluding hydrogens is 733 g/mol. The minimum absolute atomic E-state index is 0.335. The molecule has 0 bridgehead atoms. The van der Waals surface area contributed by atoms with Crippen LogP contribution < -0.4 is 4.90 Å². The van der Waals surface area contributed by atoms with E-state index in [0.717, 1.165) is 55.2 Å². The highest BCUT2D eigenvalue weighted by molar-refractivity contribution is 6.36. The van der Waals surface area contributed by atoms with E-state index in [1.165, 1.54) is 49.4 Å². The van der Waals surface area contributed by atoms with Gasteiger partial charge in [0, 0.05) is 21.9 Å². The van der Waals surface area contributed by atoms with Gasteiger partial charge in [0.25, 0.3) is 11.8 Å². The summed E-state index contributed by atoms with van der Waals surface area (Å²) in [5.41, 5.74) is 19.5. The van der Waals surface area contributed by atoms with Crippen molar-refractivity contribution in [3.05, 3.63) is 202 Å². The monoisotopic (exact) mass is 776 g/mol. The van der Waals surface area contributed by atoms with Gasteiger partial charge in [0.2, 0.25) is 0 Å². The molecule has 60 heavy (non-hydrogen) atoms. The van der Waals surface area contributed by atoms with E-state index in [1.807, 2.05) is 60.7 Å². The molecule has 1 aliphatic rings. The molecule has 10 rings (SSSR count). The molecule has 4 heteroatoms. The first-order chi connectivity index (χ1) is 29.1. The second-order valence-electron chi connectivity index (χ2n) is 16.4. The number of imide groups is 1.